The number of primary amides is 1. The Bertz CT molecular complexity index is 524. The number of hydrogen-bond donors (Lipinski definition) is 2. The van der Waals surface area contributed by atoms with E-state index in [0.717, 1.165) is 8.04 Å². The Morgan fingerprint density at radius 1 is 1.47 bits per heavy atom. The van der Waals surface area contributed by atoms with Crippen molar-refractivity contribution in [3.63, 3.8) is 0 Å². The first kappa shape index (κ1) is 14.7. The second-order valence-corrected chi connectivity index (χ2v) is 6.32. The summed E-state index contributed by atoms with van der Waals surface area (Å²) in [5.74, 6) is -0.637. The summed E-state index contributed by atoms with van der Waals surface area (Å²) in [5.41, 5.74) is 5.94. The zero-order valence-electron chi connectivity index (χ0n) is 10.0. The van der Waals surface area contributed by atoms with E-state index in [9.17, 15) is 9.59 Å². The van der Waals surface area contributed by atoms with Crippen molar-refractivity contribution in [2.45, 2.75) is 6.04 Å². The lowest BCUT2D eigenvalue weighted by Crippen LogP contribution is -2.58. The summed E-state index contributed by atoms with van der Waals surface area (Å²) in [6.45, 7) is 1.56. The summed E-state index contributed by atoms with van der Waals surface area (Å²) >= 11 is 5.47. The highest BCUT2D eigenvalue weighted by atomic mass is 127. The summed E-state index contributed by atoms with van der Waals surface area (Å²) in [5, 5.41) is 3.07. The van der Waals surface area contributed by atoms with Crippen LogP contribution in [0.25, 0.3) is 0 Å². The second kappa shape index (κ2) is 6.19. The number of piperazine rings is 1. The van der Waals surface area contributed by atoms with Gasteiger partial charge in [-0.1, -0.05) is 15.9 Å². The molecule has 1 saturated heterocycles. The third-order valence-electron chi connectivity index (χ3n) is 2.99. The standard InChI is InChI=1S/C12H13BrIN3O2/c13-7-1-2-9(14)8(5-7)12(19)17-4-3-16-6-10(17)11(15)18/h1-2,5,10,16H,3-4,6H2,(H2,15,18). The van der Waals surface area contributed by atoms with Crippen LogP contribution in [-0.2, 0) is 4.79 Å². The summed E-state index contributed by atoms with van der Waals surface area (Å²) in [6, 6.07) is 4.92. The van der Waals surface area contributed by atoms with Crippen LogP contribution in [0.1, 0.15) is 10.4 Å². The molecule has 0 spiro atoms. The molecular formula is C12H13BrIN3O2. The average molecular weight is 438 g/mol. The van der Waals surface area contributed by atoms with E-state index >= 15 is 0 Å². The summed E-state index contributed by atoms with van der Waals surface area (Å²) < 4.78 is 1.69. The van der Waals surface area contributed by atoms with Gasteiger partial charge in [0.1, 0.15) is 6.04 Å². The Kier molecular flexibility index (Phi) is 4.80. The molecule has 3 N–H and O–H groups in total. The van der Waals surface area contributed by atoms with Gasteiger partial charge in [0.2, 0.25) is 5.91 Å². The van der Waals surface area contributed by atoms with Crippen molar-refractivity contribution in [1.29, 1.82) is 0 Å². The van der Waals surface area contributed by atoms with Gasteiger partial charge in [-0.05, 0) is 40.8 Å². The van der Waals surface area contributed by atoms with Gasteiger partial charge in [0.05, 0.1) is 5.56 Å². The Morgan fingerprint density at radius 3 is 2.89 bits per heavy atom. The van der Waals surface area contributed by atoms with Crippen molar-refractivity contribution in [3.8, 4) is 0 Å². The van der Waals surface area contributed by atoms with Crippen LogP contribution in [0.2, 0.25) is 0 Å². The maximum atomic E-state index is 12.6. The van der Waals surface area contributed by atoms with Crippen LogP contribution in [0.3, 0.4) is 0 Å². The van der Waals surface area contributed by atoms with Crippen molar-refractivity contribution >= 4 is 50.3 Å². The molecule has 1 aliphatic heterocycles. The topological polar surface area (TPSA) is 75.4 Å². The van der Waals surface area contributed by atoms with Crippen molar-refractivity contribution in [3.05, 3.63) is 31.8 Å². The van der Waals surface area contributed by atoms with Crippen LogP contribution in [0, 0.1) is 3.57 Å². The number of rotatable bonds is 2. The Hall–Kier alpha value is -0.670. The fourth-order valence-electron chi connectivity index (χ4n) is 2.02. The lowest BCUT2D eigenvalue weighted by atomic mass is 10.1. The zero-order valence-corrected chi connectivity index (χ0v) is 13.8. The van der Waals surface area contributed by atoms with Crippen LogP contribution in [0.4, 0.5) is 0 Å². The van der Waals surface area contributed by atoms with Gasteiger partial charge in [0.25, 0.3) is 5.91 Å². The molecule has 2 rings (SSSR count). The van der Waals surface area contributed by atoms with Crippen LogP contribution in [0.15, 0.2) is 22.7 Å². The predicted octanol–water partition coefficient (Wildman–Crippen LogP) is 0.953. The maximum absolute atomic E-state index is 12.6. The van der Waals surface area contributed by atoms with Crippen molar-refractivity contribution in [2.24, 2.45) is 5.73 Å². The number of benzene rings is 1. The molecule has 2 amide bonds. The first-order valence-corrected chi connectivity index (χ1v) is 7.64. The molecule has 1 atom stereocenters. The molecule has 1 aliphatic rings. The number of nitrogens with zero attached hydrogens (tertiary/aromatic N) is 1. The number of carbonyl (C=O) groups excluding carboxylic acids is 2. The molecule has 0 radical (unpaired) electrons. The largest absolute Gasteiger partial charge is 0.368 e. The SMILES string of the molecule is NC(=O)C1CNCCN1C(=O)c1cc(Br)ccc1I. The molecule has 1 fully saturated rings. The first-order valence-electron chi connectivity index (χ1n) is 5.76. The molecule has 0 bridgehead atoms. The molecule has 1 unspecified atom stereocenters. The number of nitrogens with two attached hydrogens (primary N) is 1. The molecule has 5 nitrogen and oxygen atoms in total. The molecule has 0 aliphatic carbocycles. The molecule has 0 saturated carbocycles. The molecule has 19 heavy (non-hydrogen) atoms. The highest BCUT2D eigenvalue weighted by molar-refractivity contribution is 14.1. The number of hydrogen-bond acceptors (Lipinski definition) is 3. The minimum absolute atomic E-state index is 0.156. The summed E-state index contributed by atoms with van der Waals surface area (Å²) in [4.78, 5) is 25.5. The maximum Gasteiger partial charge on any atom is 0.255 e. The second-order valence-electron chi connectivity index (χ2n) is 4.25. The Labute approximate surface area is 133 Å². The fourth-order valence-corrected chi connectivity index (χ4v) is 2.94. The van der Waals surface area contributed by atoms with Gasteiger partial charge in [0.15, 0.2) is 0 Å². The quantitative estimate of drug-likeness (QED) is 0.676. The van der Waals surface area contributed by atoms with Crippen LogP contribution < -0.4 is 11.1 Å². The van der Waals surface area contributed by atoms with Crippen molar-refractivity contribution in [1.82, 2.24) is 10.2 Å². The minimum Gasteiger partial charge on any atom is -0.368 e. The molecule has 7 heteroatoms. The van der Waals surface area contributed by atoms with E-state index in [1.807, 2.05) is 12.1 Å². The van der Waals surface area contributed by atoms with E-state index in [-0.39, 0.29) is 5.91 Å². The fraction of sp³-hybridized carbons (Fsp3) is 0.333. The molecule has 0 aromatic heterocycles. The van der Waals surface area contributed by atoms with E-state index < -0.39 is 11.9 Å². The molecular weight excluding hydrogens is 425 g/mol. The van der Waals surface area contributed by atoms with Gasteiger partial charge >= 0.3 is 0 Å². The van der Waals surface area contributed by atoms with Gasteiger partial charge < -0.3 is 16.0 Å². The molecule has 1 aromatic rings. The zero-order chi connectivity index (χ0) is 14.0. The van der Waals surface area contributed by atoms with Crippen molar-refractivity contribution in [2.75, 3.05) is 19.6 Å². The van der Waals surface area contributed by atoms with Crippen molar-refractivity contribution < 1.29 is 9.59 Å². The van der Waals surface area contributed by atoms with Crippen LogP contribution in [0.5, 0.6) is 0 Å². The van der Waals surface area contributed by atoms with E-state index in [0.29, 0.717) is 25.2 Å². The molecule has 1 heterocycles. The van der Waals surface area contributed by atoms with Gasteiger partial charge in [-0.2, -0.15) is 0 Å². The van der Waals surface area contributed by atoms with Crippen LogP contribution >= 0.6 is 38.5 Å². The smallest absolute Gasteiger partial charge is 0.255 e. The molecule has 102 valence electrons. The number of nitrogens with one attached hydrogen (secondary N) is 1. The van der Waals surface area contributed by atoms with Crippen LogP contribution in [-0.4, -0.2) is 42.4 Å². The van der Waals surface area contributed by atoms with E-state index in [4.69, 9.17) is 5.73 Å². The van der Waals surface area contributed by atoms with Gasteiger partial charge in [-0.25, -0.2) is 0 Å². The number of halogens is 2. The normalized spacial score (nSPS) is 19.3. The number of amides is 2. The minimum atomic E-state index is -0.587. The first-order chi connectivity index (χ1) is 9.00. The van der Waals surface area contributed by atoms with E-state index in [1.165, 1.54) is 0 Å². The Balaban J connectivity index is 2.31. The highest BCUT2D eigenvalue weighted by Crippen LogP contribution is 2.21. The molecule has 1 aromatic carbocycles. The summed E-state index contributed by atoms with van der Waals surface area (Å²) in [6.07, 6.45) is 0. The lowest BCUT2D eigenvalue weighted by molar-refractivity contribution is -0.122. The van der Waals surface area contributed by atoms with Gasteiger partial charge in [-0.15, -0.1) is 0 Å². The Morgan fingerprint density at radius 2 is 2.21 bits per heavy atom. The highest BCUT2D eigenvalue weighted by Gasteiger charge is 2.31. The third-order valence-corrected chi connectivity index (χ3v) is 4.43. The predicted molar refractivity (Wildman–Crippen MR) is 83.7 cm³/mol. The lowest BCUT2D eigenvalue weighted by Gasteiger charge is -2.34. The van der Waals surface area contributed by atoms with E-state index in [2.05, 4.69) is 43.8 Å². The summed E-state index contributed by atoms with van der Waals surface area (Å²) in [7, 11) is 0. The number of carbonyl (C=O) groups is 2. The van der Waals surface area contributed by atoms with Gasteiger partial charge in [-0.3, -0.25) is 9.59 Å². The third kappa shape index (κ3) is 3.26. The van der Waals surface area contributed by atoms with Gasteiger partial charge in [0, 0.05) is 27.7 Å². The average Bonchev–Trinajstić information content (AvgIpc) is 2.40. The van der Waals surface area contributed by atoms with E-state index in [1.54, 1.807) is 11.0 Å². The monoisotopic (exact) mass is 437 g/mol.